The first-order valence-electron chi connectivity index (χ1n) is 6.96. The topological polar surface area (TPSA) is 23.6 Å². The zero-order valence-electron chi connectivity index (χ0n) is 12.4. The van der Waals surface area contributed by atoms with E-state index in [1.54, 1.807) is 0 Å². The van der Waals surface area contributed by atoms with Gasteiger partial charge in [0.15, 0.2) is 5.78 Å². The van der Waals surface area contributed by atoms with Crippen molar-refractivity contribution < 1.29 is 4.79 Å². The summed E-state index contributed by atoms with van der Waals surface area (Å²) in [5.74, 6) is 0.263. The fraction of sp³-hybridized carbons (Fsp3) is 0.562. The van der Waals surface area contributed by atoms with Gasteiger partial charge in [0.05, 0.1) is 0 Å². The number of nitrogens with zero attached hydrogens (tertiary/aromatic N) is 2. The minimum Gasteiger partial charge on any atom is -0.304 e. The van der Waals surface area contributed by atoms with Crippen molar-refractivity contribution in [2.24, 2.45) is 0 Å². The Balaban J connectivity index is 2.07. The molecule has 1 aromatic rings. The molecule has 2 rings (SSSR count). The van der Waals surface area contributed by atoms with Crippen molar-refractivity contribution in [2.75, 3.05) is 33.7 Å². The second kappa shape index (κ2) is 5.85. The van der Waals surface area contributed by atoms with Crippen molar-refractivity contribution in [1.82, 2.24) is 9.80 Å². The maximum absolute atomic E-state index is 12.4. The van der Waals surface area contributed by atoms with E-state index in [1.165, 1.54) is 0 Å². The molecular formula is C16H24N2O. The summed E-state index contributed by atoms with van der Waals surface area (Å²) in [6.07, 6.45) is 0.615. The molecule has 0 spiro atoms. The first-order chi connectivity index (χ1) is 8.95. The van der Waals surface area contributed by atoms with Crippen LogP contribution in [0.5, 0.6) is 0 Å². The van der Waals surface area contributed by atoms with Crippen molar-refractivity contribution in [1.29, 1.82) is 0 Å². The van der Waals surface area contributed by atoms with E-state index in [2.05, 4.69) is 30.0 Å². The van der Waals surface area contributed by atoms with Crippen LogP contribution in [0.1, 0.15) is 27.9 Å². The van der Waals surface area contributed by atoms with Crippen LogP contribution in [0.4, 0.5) is 0 Å². The summed E-state index contributed by atoms with van der Waals surface area (Å²) in [6.45, 7) is 7.20. The van der Waals surface area contributed by atoms with Crippen LogP contribution in [0.2, 0.25) is 0 Å². The van der Waals surface area contributed by atoms with Gasteiger partial charge in [0, 0.05) is 37.7 Å². The molecule has 0 bridgehead atoms. The molecule has 104 valence electrons. The standard InChI is InChI=1S/C16H24N2O/c1-12-7-13(2)9-14(8-12)16(19)10-15-11-17(3)5-6-18(15)4/h7-9,15H,5-6,10-11H2,1-4H3. The Labute approximate surface area is 116 Å². The molecule has 1 aliphatic heterocycles. The van der Waals surface area contributed by atoms with E-state index in [1.807, 2.05) is 26.0 Å². The summed E-state index contributed by atoms with van der Waals surface area (Å²) >= 11 is 0. The molecule has 3 heteroatoms. The molecule has 1 aromatic carbocycles. The van der Waals surface area contributed by atoms with Gasteiger partial charge >= 0.3 is 0 Å². The Morgan fingerprint density at radius 1 is 1.16 bits per heavy atom. The maximum atomic E-state index is 12.4. The summed E-state index contributed by atoms with van der Waals surface area (Å²) in [4.78, 5) is 17.0. The summed E-state index contributed by atoms with van der Waals surface area (Å²) in [5, 5.41) is 0. The monoisotopic (exact) mass is 260 g/mol. The molecule has 1 fully saturated rings. The predicted molar refractivity (Wildman–Crippen MR) is 78.8 cm³/mol. The quantitative estimate of drug-likeness (QED) is 0.778. The number of hydrogen-bond donors (Lipinski definition) is 0. The van der Waals surface area contributed by atoms with Crippen LogP contribution >= 0.6 is 0 Å². The Morgan fingerprint density at radius 3 is 2.42 bits per heavy atom. The highest BCUT2D eigenvalue weighted by Gasteiger charge is 2.24. The number of Topliss-reactive ketones (excluding diaryl/α,β-unsaturated/α-hetero) is 1. The second-order valence-electron chi connectivity index (χ2n) is 5.90. The highest BCUT2D eigenvalue weighted by Crippen LogP contribution is 2.16. The minimum atomic E-state index is 0.263. The van der Waals surface area contributed by atoms with Gasteiger partial charge in [0.25, 0.3) is 0 Å². The van der Waals surface area contributed by atoms with Gasteiger partial charge in [-0.05, 0) is 40.1 Å². The van der Waals surface area contributed by atoms with Crippen LogP contribution in [0.15, 0.2) is 18.2 Å². The Hall–Kier alpha value is -1.19. The van der Waals surface area contributed by atoms with E-state index in [-0.39, 0.29) is 5.78 Å². The van der Waals surface area contributed by atoms with E-state index in [0.717, 1.165) is 36.3 Å². The molecule has 0 aromatic heterocycles. The van der Waals surface area contributed by atoms with Gasteiger partial charge in [0.1, 0.15) is 0 Å². The lowest BCUT2D eigenvalue weighted by Gasteiger charge is -2.37. The van der Waals surface area contributed by atoms with E-state index >= 15 is 0 Å². The average molecular weight is 260 g/mol. The normalized spacial score (nSPS) is 21.6. The second-order valence-corrected chi connectivity index (χ2v) is 5.90. The van der Waals surface area contributed by atoms with Gasteiger partial charge in [-0.15, -0.1) is 0 Å². The van der Waals surface area contributed by atoms with Crippen molar-refractivity contribution in [2.45, 2.75) is 26.3 Å². The molecule has 1 unspecified atom stereocenters. The first kappa shape index (κ1) is 14.2. The van der Waals surface area contributed by atoms with Gasteiger partial charge in [0.2, 0.25) is 0 Å². The molecule has 0 amide bonds. The van der Waals surface area contributed by atoms with Crippen LogP contribution in [0.25, 0.3) is 0 Å². The fourth-order valence-corrected chi connectivity index (χ4v) is 2.79. The summed E-state index contributed by atoms with van der Waals surface area (Å²) in [6, 6.07) is 6.45. The van der Waals surface area contributed by atoms with E-state index in [9.17, 15) is 4.79 Å². The Bertz CT molecular complexity index is 450. The smallest absolute Gasteiger partial charge is 0.164 e. The summed E-state index contributed by atoms with van der Waals surface area (Å²) in [5.41, 5.74) is 3.19. The largest absolute Gasteiger partial charge is 0.304 e. The van der Waals surface area contributed by atoms with E-state index in [0.29, 0.717) is 12.5 Å². The van der Waals surface area contributed by atoms with E-state index < -0.39 is 0 Å². The number of ketones is 1. The number of benzene rings is 1. The molecule has 0 radical (unpaired) electrons. The molecule has 0 saturated carbocycles. The highest BCUT2D eigenvalue weighted by molar-refractivity contribution is 5.96. The molecular weight excluding hydrogens is 236 g/mol. The molecule has 19 heavy (non-hydrogen) atoms. The number of rotatable bonds is 3. The zero-order valence-corrected chi connectivity index (χ0v) is 12.4. The number of aryl methyl sites for hydroxylation is 2. The van der Waals surface area contributed by atoms with Crippen molar-refractivity contribution in [3.8, 4) is 0 Å². The number of piperazine rings is 1. The zero-order chi connectivity index (χ0) is 14.0. The lowest BCUT2D eigenvalue weighted by atomic mass is 9.98. The average Bonchev–Trinajstić information content (AvgIpc) is 2.32. The third-order valence-corrected chi connectivity index (χ3v) is 3.94. The maximum Gasteiger partial charge on any atom is 0.164 e. The van der Waals surface area contributed by atoms with Crippen LogP contribution in [0.3, 0.4) is 0 Å². The molecule has 1 aliphatic rings. The minimum absolute atomic E-state index is 0.263. The summed E-state index contributed by atoms with van der Waals surface area (Å²) < 4.78 is 0. The highest BCUT2D eigenvalue weighted by atomic mass is 16.1. The number of hydrogen-bond acceptors (Lipinski definition) is 3. The molecule has 0 aliphatic carbocycles. The molecule has 3 nitrogen and oxygen atoms in total. The van der Waals surface area contributed by atoms with Crippen LogP contribution in [-0.2, 0) is 0 Å². The number of carbonyl (C=O) groups excluding carboxylic acids is 1. The number of likely N-dealkylation sites (N-methyl/N-ethyl adjacent to an activating group) is 2. The van der Waals surface area contributed by atoms with Crippen molar-refractivity contribution >= 4 is 5.78 Å². The van der Waals surface area contributed by atoms with Gasteiger partial charge in [-0.1, -0.05) is 17.2 Å². The van der Waals surface area contributed by atoms with Gasteiger partial charge < -0.3 is 9.80 Å². The molecule has 1 heterocycles. The Kier molecular flexibility index (Phi) is 4.38. The van der Waals surface area contributed by atoms with Gasteiger partial charge in [-0.3, -0.25) is 4.79 Å². The molecule has 1 saturated heterocycles. The van der Waals surface area contributed by atoms with Gasteiger partial charge in [-0.2, -0.15) is 0 Å². The SMILES string of the molecule is Cc1cc(C)cc(C(=O)CC2CN(C)CCN2C)c1. The molecule has 1 atom stereocenters. The number of carbonyl (C=O) groups is 1. The third-order valence-electron chi connectivity index (χ3n) is 3.94. The predicted octanol–water partition coefficient (Wildman–Crippen LogP) is 2.12. The molecule has 0 N–H and O–H groups in total. The first-order valence-corrected chi connectivity index (χ1v) is 6.96. The Morgan fingerprint density at radius 2 is 1.79 bits per heavy atom. The van der Waals surface area contributed by atoms with Crippen LogP contribution < -0.4 is 0 Å². The third kappa shape index (κ3) is 3.64. The van der Waals surface area contributed by atoms with E-state index in [4.69, 9.17) is 0 Å². The van der Waals surface area contributed by atoms with Crippen molar-refractivity contribution in [3.05, 3.63) is 34.9 Å². The fourth-order valence-electron chi connectivity index (χ4n) is 2.79. The van der Waals surface area contributed by atoms with Crippen molar-refractivity contribution in [3.63, 3.8) is 0 Å². The van der Waals surface area contributed by atoms with Crippen LogP contribution in [-0.4, -0.2) is 55.4 Å². The van der Waals surface area contributed by atoms with Crippen LogP contribution in [0, 0.1) is 13.8 Å². The lowest BCUT2D eigenvalue weighted by molar-refractivity contribution is 0.0810. The lowest BCUT2D eigenvalue weighted by Crippen LogP contribution is -2.50. The van der Waals surface area contributed by atoms with Gasteiger partial charge in [-0.25, -0.2) is 0 Å². The summed E-state index contributed by atoms with van der Waals surface area (Å²) in [7, 11) is 4.24.